The number of aromatic nitrogens is 4. The van der Waals surface area contributed by atoms with Crippen LogP contribution in [-0.4, -0.2) is 34.5 Å². The molecular weight excluding hydrogens is 399 g/mol. The van der Waals surface area contributed by atoms with Gasteiger partial charge in [0.1, 0.15) is 6.54 Å². The molecular formula is C15H12Cl2N6O2S. The van der Waals surface area contributed by atoms with Crippen molar-refractivity contribution in [1.29, 1.82) is 5.26 Å². The Morgan fingerprint density at radius 1 is 1.19 bits per heavy atom. The van der Waals surface area contributed by atoms with Gasteiger partial charge in [-0.15, -0.1) is 5.10 Å². The first-order valence-corrected chi connectivity index (χ1v) is 9.50. The Balaban J connectivity index is 2.17. The number of benzene rings is 1. The summed E-state index contributed by atoms with van der Waals surface area (Å²) in [6.07, 6.45) is 0. The summed E-state index contributed by atoms with van der Waals surface area (Å²) >= 11 is 12.0. The van der Waals surface area contributed by atoms with Crippen LogP contribution in [0.5, 0.6) is 0 Å². The summed E-state index contributed by atoms with van der Waals surface area (Å²) in [5.41, 5.74) is 1.11. The van der Waals surface area contributed by atoms with Gasteiger partial charge in [-0.05, 0) is 38.1 Å². The van der Waals surface area contributed by atoms with Crippen molar-refractivity contribution >= 4 is 45.0 Å². The lowest BCUT2D eigenvalue weighted by Crippen LogP contribution is -2.32. The number of rotatable bonds is 4. The second-order valence-electron chi connectivity index (χ2n) is 5.34. The molecule has 0 saturated carbocycles. The topological polar surface area (TPSA) is 104 Å². The first-order chi connectivity index (χ1) is 12.3. The molecule has 3 aromatic rings. The fourth-order valence-electron chi connectivity index (χ4n) is 2.31. The van der Waals surface area contributed by atoms with E-state index in [1.54, 1.807) is 13.8 Å². The molecule has 8 nitrogen and oxygen atoms in total. The van der Waals surface area contributed by atoms with E-state index in [0.29, 0.717) is 21.4 Å². The fourth-order valence-corrected chi connectivity index (χ4v) is 3.81. The molecule has 0 spiro atoms. The molecule has 2 aromatic heterocycles. The zero-order valence-electron chi connectivity index (χ0n) is 13.7. The highest BCUT2D eigenvalue weighted by molar-refractivity contribution is 7.92. The molecule has 0 atom stereocenters. The van der Waals surface area contributed by atoms with E-state index in [9.17, 15) is 8.42 Å². The molecule has 3 rings (SSSR count). The van der Waals surface area contributed by atoms with Crippen LogP contribution in [-0.2, 0) is 10.0 Å². The van der Waals surface area contributed by atoms with Gasteiger partial charge in [0, 0.05) is 5.02 Å². The van der Waals surface area contributed by atoms with Crippen molar-refractivity contribution in [2.24, 2.45) is 0 Å². The predicted octanol–water partition coefficient (Wildman–Crippen LogP) is 2.77. The molecule has 26 heavy (non-hydrogen) atoms. The Kier molecular flexibility index (Phi) is 4.75. The summed E-state index contributed by atoms with van der Waals surface area (Å²) in [5, 5.41) is 14.1. The lowest BCUT2D eigenvalue weighted by Gasteiger charge is -2.17. The SMILES string of the molecule is Cc1nc2nc(N(CC#N)S(=O)(=O)c3ccc(Cl)cc3)nn2c(C)c1Cl. The highest BCUT2D eigenvalue weighted by Crippen LogP contribution is 2.24. The molecule has 0 unspecified atom stereocenters. The van der Waals surface area contributed by atoms with Crippen LogP contribution in [0.15, 0.2) is 29.2 Å². The zero-order chi connectivity index (χ0) is 19.1. The molecule has 0 saturated heterocycles. The molecule has 0 aliphatic rings. The molecule has 0 bridgehead atoms. The van der Waals surface area contributed by atoms with Crippen molar-refractivity contribution in [3.8, 4) is 6.07 Å². The zero-order valence-corrected chi connectivity index (χ0v) is 16.0. The van der Waals surface area contributed by atoms with Crippen molar-refractivity contribution in [3.63, 3.8) is 0 Å². The number of nitrogens with zero attached hydrogens (tertiary/aromatic N) is 6. The first-order valence-electron chi connectivity index (χ1n) is 7.30. The summed E-state index contributed by atoms with van der Waals surface area (Å²) in [6, 6.07) is 7.42. The van der Waals surface area contributed by atoms with Crippen molar-refractivity contribution in [3.05, 3.63) is 45.7 Å². The number of hydrogen-bond acceptors (Lipinski definition) is 6. The molecule has 0 radical (unpaired) electrons. The second-order valence-corrected chi connectivity index (χ2v) is 8.02. The number of nitriles is 1. The van der Waals surface area contributed by atoms with Crippen LogP contribution in [0.1, 0.15) is 11.4 Å². The van der Waals surface area contributed by atoms with Gasteiger partial charge in [-0.2, -0.15) is 14.8 Å². The monoisotopic (exact) mass is 410 g/mol. The number of anilines is 1. The highest BCUT2D eigenvalue weighted by Gasteiger charge is 2.29. The Hall–Kier alpha value is -2.41. The molecule has 0 aliphatic carbocycles. The lowest BCUT2D eigenvalue weighted by molar-refractivity contribution is 0.592. The van der Waals surface area contributed by atoms with E-state index in [1.165, 1.54) is 28.8 Å². The van der Waals surface area contributed by atoms with Gasteiger partial charge in [0.15, 0.2) is 0 Å². The summed E-state index contributed by atoms with van der Waals surface area (Å²) in [7, 11) is -4.06. The van der Waals surface area contributed by atoms with E-state index < -0.39 is 16.6 Å². The standard InChI is InChI=1S/C15H12Cl2N6O2S/c1-9-13(17)10(2)23-14(19-9)20-15(21-23)22(8-7-18)26(24,25)12-5-3-11(16)4-6-12/h3-6H,8H2,1-2H3. The van der Waals surface area contributed by atoms with Gasteiger partial charge in [-0.25, -0.2) is 17.7 Å². The molecule has 0 N–H and O–H groups in total. The van der Waals surface area contributed by atoms with Crippen LogP contribution < -0.4 is 4.31 Å². The summed E-state index contributed by atoms with van der Waals surface area (Å²) in [5.74, 6) is 0.0208. The van der Waals surface area contributed by atoms with Gasteiger partial charge in [0.25, 0.3) is 21.7 Å². The quantitative estimate of drug-likeness (QED) is 0.612. The smallest absolute Gasteiger partial charge is 0.218 e. The number of sulfonamides is 1. The predicted molar refractivity (Wildman–Crippen MR) is 96.9 cm³/mol. The average Bonchev–Trinajstić information content (AvgIpc) is 3.01. The fraction of sp³-hybridized carbons (Fsp3) is 0.200. The molecule has 2 heterocycles. The molecule has 134 valence electrons. The first kappa shape index (κ1) is 18.4. The number of halogens is 2. The van der Waals surface area contributed by atoms with Crippen LogP contribution in [0, 0.1) is 25.2 Å². The normalized spacial score (nSPS) is 11.5. The molecule has 0 aliphatic heterocycles. The Morgan fingerprint density at radius 2 is 1.85 bits per heavy atom. The van der Waals surface area contributed by atoms with Crippen LogP contribution in [0.4, 0.5) is 5.95 Å². The lowest BCUT2D eigenvalue weighted by atomic mass is 10.3. The second kappa shape index (κ2) is 6.72. The average molecular weight is 411 g/mol. The van der Waals surface area contributed by atoms with Gasteiger partial charge in [0.05, 0.1) is 27.4 Å². The maximum Gasteiger partial charge on any atom is 0.267 e. The van der Waals surface area contributed by atoms with Crippen molar-refractivity contribution in [1.82, 2.24) is 19.6 Å². The Labute approximate surface area is 159 Å². The number of aryl methyl sites for hydroxylation is 2. The Morgan fingerprint density at radius 3 is 2.46 bits per heavy atom. The van der Waals surface area contributed by atoms with E-state index in [0.717, 1.165) is 4.31 Å². The molecule has 0 fully saturated rings. The third-order valence-electron chi connectivity index (χ3n) is 3.64. The van der Waals surface area contributed by atoms with Crippen molar-refractivity contribution in [2.75, 3.05) is 10.8 Å². The van der Waals surface area contributed by atoms with Crippen molar-refractivity contribution < 1.29 is 8.42 Å². The van der Waals surface area contributed by atoms with Gasteiger partial charge >= 0.3 is 0 Å². The van der Waals surface area contributed by atoms with E-state index in [-0.39, 0.29) is 16.6 Å². The van der Waals surface area contributed by atoms with Gasteiger partial charge < -0.3 is 0 Å². The van der Waals surface area contributed by atoms with Crippen LogP contribution in [0.2, 0.25) is 10.0 Å². The highest BCUT2D eigenvalue weighted by atomic mass is 35.5. The molecule has 1 aromatic carbocycles. The minimum atomic E-state index is -4.06. The van der Waals surface area contributed by atoms with E-state index in [2.05, 4.69) is 15.1 Å². The minimum absolute atomic E-state index is 0.0325. The van der Waals surface area contributed by atoms with Crippen LogP contribution in [0.25, 0.3) is 5.78 Å². The van der Waals surface area contributed by atoms with Crippen LogP contribution in [0.3, 0.4) is 0 Å². The maximum atomic E-state index is 12.9. The third-order valence-corrected chi connectivity index (χ3v) is 6.18. The van der Waals surface area contributed by atoms with Crippen molar-refractivity contribution in [2.45, 2.75) is 18.7 Å². The van der Waals surface area contributed by atoms with E-state index in [4.69, 9.17) is 28.5 Å². The van der Waals surface area contributed by atoms with Gasteiger partial charge in [-0.1, -0.05) is 23.2 Å². The molecule has 11 heteroatoms. The summed E-state index contributed by atoms with van der Waals surface area (Å²) < 4.78 is 28.0. The Bertz CT molecular complexity index is 1140. The summed E-state index contributed by atoms with van der Waals surface area (Å²) in [4.78, 5) is 8.32. The van der Waals surface area contributed by atoms with E-state index >= 15 is 0 Å². The largest absolute Gasteiger partial charge is 0.267 e. The maximum absolute atomic E-state index is 12.9. The molecule has 0 amide bonds. The minimum Gasteiger partial charge on any atom is -0.218 e. The van der Waals surface area contributed by atoms with Crippen LogP contribution >= 0.6 is 23.2 Å². The van der Waals surface area contributed by atoms with E-state index in [1.807, 2.05) is 6.07 Å². The summed E-state index contributed by atoms with van der Waals surface area (Å²) in [6.45, 7) is 2.96. The third kappa shape index (κ3) is 3.07. The number of hydrogen-bond donors (Lipinski definition) is 0. The number of fused-ring (bicyclic) bond motifs is 1. The van der Waals surface area contributed by atoms with Gasteiger partial charge in [0.2, 0.25) is 0 Å². The van der Waals surface area contributed by atoms with Gasteiger partial charge in [-0.3, -0.25) is 0 Å².